The van der Waals surface area contributed by atoms with Gasteiger partial charge < -0.3 is 0 Å². The first kappa shape index (κ1) is 6.97. The molecule has 0 fully saturated rings. The Morgan fingerprint density at radius 2 is 2.09 bits per heavy atom. The van der Waals surface area contributed by atoms with Crippen LogP contribution in [0.2, 0.25) is 0 Å². The zero-order chi connectivity index (χ0) is 7.68. The van der Waals surface area contributed by atoms with Crippen LogP contribution >= 0.6 is 22.6 Å². The maximum absolute atomic E-state index is 3.97. The third-order valence-corrected chi connectivity index (χ3v) is 2.15. The van der Waals surface area contributed by atoms with Crippen LogP contribution in [0.4, 0.5) is 0 Å². The third kappa shape index (κ3) is 1.33. The second-order valence-corrected chi connectivity index (χ2v) is 3.48. The lowest BCUT2D eigenvalue weighted by Crippen LogP contribution is -1.81. The van der Waals surface area contributed by atoms with Crippen molar-refractivity contribution in [1.29, 1.82) is 0 Å². The van der Waals surface area contributed by atoms with E-state index in [1.54, 1.807) is 6.20 Å². The Balaban J connectivity index is 2.83. The normalized spacial score (nSPS) is 10.3. The predicted molar refractivity (Wildman–Crippen MR) is 52.3 cm³/mol. The number of aromatic nitrogens is 2. The van der Waals surface area contributed by atoms with Crippen molar-refractivity contribution in [3.8, 4) is 0 Å². The SMILES string of the molecule is Ic1ccc2nnccc2c1. The van der Waals surface area contributed by atoms with E-state index in [2.05, 4.69) is 38.9 Å². The number of halogens is 1. The fourth-order valence-corrected chi connectivity index (χ4v) is 1.47. The van der Waals surface area contributed by atoms with Crippen LogP contribution in [0.1, 0.15) is 0 Å². The van der Waals surface area contributed by atoms with Crippen LogP contribution in [-0.4, -0.2) is 10.2 Å². The smallest absolute Gasteiger partial charge is 0.0930 e. The first-order chi connectivity index (χ1) is 5.36. The number of hydrogen-bond acceptors (Lipinski definition) is 2. The third-order valence-electron chi connectivity index (χ3n) is 1.48. The van der Waals surface area contributed by atoms with Crippen LogP contribution in [0, 0.1) is 3.57 Å². The largest absolute Gasteiger partial charge is 0.159 e. The van der Waals surface area contributed by atoms with Crippen LogP contribution in [0.15, 0.2) is 30.5 Å². The van der Waals surface area contributed by atoms with Crippen molar-refractivity contribution in [2.24, 2.45) is 0 Å². The molecule has 3 heteroatoms. The van der Waals surface area contributed by atoms with E-state index >= 15 is 0 Å². The molecule has 1 aromatic carbocycles. The van der Waals surface area contributed by atoms with Gasteiger partial charge in [0.2, 0.25) is 0 Å². The summed E-state index contributed by atoms with van der Waals surface area (Å²) in [6.45, 7) is 0. The highest BCUT2D eigenvalue weighted by atomic mass is 127. The molecule has 0 unspecified atom stereocenters. The lowest BCUT2D eigenvalue weighted by atomic mass is 10.2. The van der Waals surface area contributed by atoms with E-state index in [0.29, 0.717) is 0 Å². The predicted octanol–water partition coefficient (Wildman–Crippen LogP) is 2.23. The van der Waals surface area contributed by atoms with E-state index in [0.717, 1.165) is 10.9 Å². The zero-order valence-electron chi connectivity index (χ0n) is 5.66. The van der Waals surface area contributed by atoms with Gasteiger partial charge in [-0.2, -0.15) is 10.2 Å². The molecule has 0 atom stereocenters. The summed E-state index contributed by atoms with van der Waals surface area (Å²) in [5, 5.41) is 8.90. The summed E-state index contributed by atoms with van der Waals surface area (Å²) in [4.78, 5) is 0. The van der Waals surface area contributed by atoms with Gasteiger partial charge in [-0.15, -0.1) is 0 Å². The molecule has 1 aromatic heterocycles. The molecule has 11 heavy (non-hydrogen) atoms. The molecule has 0 spiro atoms. The average Bonchev–Trinajstić information content (AvgIpc) is 2.04. The standard InChI is InChI=1S/C8H5IN2/c9-7-1-2-8-6(5-7)3-4-10-11-8/h1-5H. The Labute approximate surface area is 77.8 Å². The van der Waals surface area contributed by atoms with Crippen molar-refractivity contribution in [3.63, 3.8) is 0 Å². The maximum atomic E-state index is 3.97. The molecule has 0 aliphatic heterocycles. The summed E-state index contributed by atoms with van der Waals surface area (Å²) >= 11 is 2.28. The van der Waals surface area contributed by atoms with E-state index in [1.165, 1.54) is 3.57 Å². The molecule has 2 rings (SSSR count). The topological polar surface area (TPSA) is 25.8 Å². The first-order valence-electron chi connectivity index (χ1n) is 3.23. The molecule has 0 saturated heterocycles. The number of nitrogens with zero attached hydrogens (tertiary/aromatic N) is 2. The molecular formula is C8H5IN2. The van der Waals surface area contributed by atoms with Crippen molar-refractivity contribution in [2.75, 3.05) is 0 Å². The highest BCUT2D eigenvalue weighted by Crippen LogP contribution is 2.13. The molecule has 0 aliphatic carbocycles. The second kappa shape index (κ2) is 2.73. The van der Waals surface area contributed by atoms with Crippen LogP contribution < -0.4 is 0 Å². The van der Waals surface area contributed by atoms with Gasteiger partial charge in [-0.1, -0.05) is 0 Å². The fraction of sp³-hybridized carbons (Fsp3) is 0. The molecule has 1 heterocycles. The van der Waals surface area contributed by atoms with Crippen molar-refractivity contribution >= 4 is 33.5 Å². The summed E-state index contributed by atoms with van der Waals surface area (Å²) in [6, 6.07) is 8.05. The van der Waals surface area contributed by atoms with Gasteiger partial charge in [0.25, 0.3) is 0 Å². The van der Waals surface area contributed by atoms with E-state index in [4.69, 9.17) is 0 Å². The molecule has 2 nitrogen and oxygen atoms in total. The molecule has 0 amide bonds. The first-order valence-corrected chi connectivity index (χ1v) is 4.31. The zero-order valence-corrected chi connectivity index (χ0v) is 7.82. The van der Waals surface area contributed by atoms with Gasteiger partial charge in [-0.3, -0.25) is 0 Å². The number of fused-ring (bicyclic) bond motifs is 1. The number of hydrogen-bond donors (Lipinski definition) is 0. The van der Waals surface area contributed by atoms with Gasteiger partial charge >= 0.3 is 0 Å². The quantitative estimate of drug-likeness (QED) is 0.675. The fourth-order valence-electron chi connectivity index (χ4n) is 0.959. The lowest BCUT2D eigenvalue weighted by molar-refractivity contribution is 1.08. The minimum Gasteiger partial charge on any atom is -0.159 e. The molecule has 0 N–H and O–H groups in total. The van der Waals surface area contributed by atoms with Crippen molar-refractivity contribution in [1.82, 2.24) is 10.2 Å². The molecule has 0 aliphatic rings. The second-order valence-electron chi connectivity index (χ2n) is 2.23. The summed E-state index contributed by atoms with van der Waals surface area (Å²) in [5.41, 5.74) is 0.952. The monoisotopic (exact) mass is 256 g/mol. The molecule has 2 aromatic rings. The Hall–Kier alpha value is -0.710. The number of rotatable bonds is 0. The van der Waals surface area contributed by atoms with Crippen LogP contribution in [0.5, 0.6) is 0 Å². The van der Waals surface area contributed by atoms with Gasteiger partial charge in [-0.25, -0.2) is 0 Å². The molecule has 0 radical (unpaired) electrons. The van der Waals surface area contributed by atoms with E-state index in [1.807, 2.05) is 18.2 Å². The van der Waals surface area contributed by atoms with E-state index in [9.17, 15) is 0 Å². The van der Waals surface area contributed by atoms with Crippen LogP contribution in [0.25, 0.3) is 10.9 Å². The summed E-state index contributed by atoms with van der Waals surface area (Å²) < 4.78 is 1.23. The van der Waals surface area contributed by atoms with Crippen molar-refractivity contribution in [3.05, 3.63) is 34.0 Å². The minimum atomic E-state index is 0.952. The molecule has 0 saturated carbocycles. The molecule has 54 valence electrons. The summed E-state index contributed by atoms with van der Waals surface area (Å²) in [6.07, 6.45) is 1.71. The van der Waals surface area contributed by atoms with Crippen molar-refractivity contribution < 1.29 is 0 Å². The number of benzene rings is 1. The Morgan fingerprint density at radius 3 is 3.00 bits per heavy atom. The minimum absolute atomic E-state index is 0.952. The van der Waals surface area contributed by atoms with Gasteiger partial charge in [0.05, 0.1) is 11.7 Å². The van der Waals surface area contributed by atoms with Crippen LogP contribution in [0.3, 0.4) is 0 Å². The van der Waals surface area contributed by atoms with E-state index in [-0.39, 0.29) is 0 Å². The molecule has 0 bridgehead atoms. The van der Waals surface area contributed by atoms with Crippen molar-refractivity contribution in [2.45, 2.75) is 0 Å². The maximum Gasteiger partial charge on any atom is 0.0930 e. The Kier molecular flexibility index (Phi) is 1.73. The van der Waals surface area contributed by atoms with Gasteiger partial charge in [0.15, 0.2) is 0 Å². The summed E-state index contributed by atoms with van der Waals surface area (Å²) in [7, 11) is 0. The average molecular weight is 256 g/mol. The van der Waals surface area contributed by atoms with Crippen LogP contribution in [-0.2, 0) is 0 Å². The highest BCUT2D eigenvalue weighted by Gasteiger charge is 1.92. The highest BCUT2D eigenvalue weighted by molar-refractivity contribution is 14.1. The summed E-state index contributed by atoms with van der Waals surface area (Å²) in [5.74, 6) is 0. The Morgan fingerprint density at radius 1 is 1.18 bits per heavy atom. The molecular weight excluding hydrogens is 251 g/mol. The Bertz CT molecular complexity index is 387. The van der Waals surface area contributed by atoms with Gasteiger partial charge in [-0.05, 0) is 46.9 Å². The van der Waals surface area contributed by atoms with Gasteiger partial charge in [0.1, 0.15) is 0 Å². The van der Waals surface area contributed by atoms with Gasteiger partial charge in [0, 0.05) is 8.96 Å². The van der Waals surface area contributed by atoms with E-state index < -0.39 is 0 Å². The lowest BCUT2D eigenvalue weighted by Gasteiger charge is -1.93.